The van der Waals surface area contributed by atoms with E-state index in [1.807, 2.05) is 0 Å². The fraction of sp³-hybridized carbons (Fsp3) is 0.600. The topological polar surface area (TPSA) is 102 Å². The van der Waals surface area contributed by atoms with Gasteiger partial charge >= 0.3 is 6.03 Å². The molecular formula is C20H26N2O5S. The highest BCUT2D eigenvalue weighted by molar-refractivity contribution is 7.90. The molecule has 0 heterocycles. The van der Waals surface area contributed by atoms with E-state index >= 15 is 0 Å². The SMILES string of the molecule is CS(=O)(=O)c1cccc(OCC(=O)NC(=O)NC23CC4CC(CC(C4)C2)C3)c1. The third-order valence-corrected chi connectivity index (χ3v) is 7.38. The zero-order valence-electron chi connectivity index (χ0n) is 15.9. The number of carbonyl (C=O) groups is 2. The molecule has 28 heavy (non-hydrogen) atoms. The molecule has 4 fully saturated rings. The largest absolute Gasteiger partial charge is 0.484 e. The van der Waals surface area contributed by atoms with E-state index in [1.165, 1.54) is 31.4 Å². The molecule has 4 aliphatic rings. The van der Waals surface area contributed by atoms with Crippen LogP contribution in [0.4, 0.5) is 4.79 Å². The summed E-state index contributed by atoms with van der Waals surface area (Å²) < 4.78 is 28.5. The Morgan fingerprint density at radius 3 is 2.29 bits per heavy atom. The first-order valence-corrected chi connectivity index (χ1v) is 11.6. The molecule has 152 valence electrons. The molecule has 2 N–H and O–H groups in total. The number of imide groups is 1. The average Bonchev–Trinajstić information content (AvgIpc) is 2.57. The maximum absolute atomic E-state index is 12.4. The molecule has 0 aliphatic heterocycles. The molecule has 0 radical (unpaired) electrons. The number of ether oxygens (including phenoxy) is 1. The van der Waals surface area contributed by atoms with Crippen molar-refractivity contribution in [1.29, 1.82) is 0 Å². The zero-order chi connectivity index (χ0) is 19.9. The van der Waals surface area contributed by atoms with E-state index in [0.29, 0.717) is 17.8 Å². The van der Waals surface area contributed by atoms with Crippen LogP contribution >= 0.6 is 0 Å². The first-order valence-electron chi connectivity index (χ1n) is 9.76. The molecule has 3 amide bonds. The maximum atomic E-state index is 12.4. The smallest absolute Gasteiger partial charge is 0.321 e. The summed E-state index contributed by atoms with van der Waals surface area (Å²) in [5.41, 5.74) is -0.163. The Kier molecular flexibility index (Phi) is 4.85. The van der Waals surface area contributed by atoms with Gasteiger partial charge in [-0.05, 0) is 74.5 Å². The highest BCUT2D eigenvalue weighted by Crippen LogP contribution is 2.55. The fourth-order valence-electron chi connectivity index (χ4n) is 5.64. The van der Waals surface area contributed by atoms with Crippen LogP contribution in [0.25, 0.3) is 0 Å². The second-order valence-corrected chi connectivity index (χ2v) is 10.8. The molecular weight excluding hydrogens is 380 g/mol. The molecule has 0 saturated heterocycles. The molecule has 4 aliphatic carbocycles. The summed E-state index contributed by atoms with van der Waals surface area (Å²) in [6.45, 7) is -0.360. The van der Waals surface area contributed by atoms with Crippen molar-refractivity contribution in [2.75, 3.05) is 12.9 Å². The van der Waals surface area contributed by atoms with Crippen LogP contribution in [-0.2, 0) is 14.6 Å². The molecule has 8 heteroatoms. The Morgan fingerprint density at radius 1 is 1.11 bits per heavy atom. The van der Waals surface area contributed by atoms with E-state index < -0.39 is 21.8 Å². The molecule has 0 spiro atoms. The summed E-state index contributed by atoms with van der Waals surface area (Å²) in [6.07, 6.45) is 7.97. The number of amides is 3. The second-order valence-electron chi connectivity index (χ2n) is 8.74. The number of rotatable bonds is 5. The molecule has 1 aromatic carbocycles. The van der Waals surface area contributed by atoms with Crippen molar-refractivity contribution < 1.29 is 22.7 Å². The predicted molar refractivity (Wildman–Crippen MR) is 103 cm³/mol. The van der Waals surface area contributed by atoms with Gasteiger partial charge in [-0.1, -0.05) is 6.07 Å². The monoisotopic (exact) mass is 406 g/mol. The van der Waals surface area contributed by atoms with Crippen LogP contribution in [0, 0.1) is 17.8 Å². The van der Waals surface area contributed by atoms with Crippen molar-refractivity contribution >= 4 is 21.8 Å². The van der Waals surface area contributed by atoms with Gasteiger partial charge in [0, 0.05) is 11.8 Å². The average molecular weight is 407 g/mol. The third-order valence-electron chi connectivity index (χ3n) is 6.27. The van der Waals surface area contributed by atoms with Crippen molar-refractivity contribution in [2.24, 2.45) is 17.8 Å². The molecule has 4 saturated carbocycles. The van der Waals surface area contributed by atoms with Gasteiger partial charge in [0.25, 0.3) is 5.91 Å². The summed E-state index contributed by atoms with van der Waals surface area (Å²) >= 11 is 0. The molecule has 0 unspecified atom stereocenters. The Labute approximate surface area is 165 Å². The van der Waals surface area contributed by atoms with Gasteiger partial charge in [0.15, 0.2) is 16.4 Å². The van der Waals surface area contributed by atoms with Crippen molar-refractivity contribution in [1.82, 2.24) is 10.6 Å². The lowest BCUT2D eigenvalue weighted by Crippen LogP contribution is -2.62. The number of carbonyl (C=O) groups excluding carboxylic acids is 2. The van der Waals surface area contributed by atoms with Crippen molar-refractivity contribution in [3.63, 3.8) is 0 Å². The number of sulfone groups is 1. The Balaban J connectivity index is 1.29. The van der Waals surface area contributed by atoms with Gasteiger partial charge in [0.1, 0.15) is 5.75 Å². The highest BCUT2D eigenvalue weighted by atomic mass is 32.2. The number of nitrogens with one attached hydrogen (secondary N) is 2. The molecule has 5 rings (SSSR count). The molecule has 0 aromatic heterocycles. The first-order chi connectivity index (χ1) is 13.2. The van der Waals surface area contributed by atoms with Crippen molar-refractivity contribution in [3.8, 4) is 5.75 Å². The number of benzene rings is 1. The first kappa shape index (κ1) is 19.2. The number of urea groups is 1. The number of hydrogen-bond donors (Lipinski definition) is 2. The van der Waals surface area contributed by atoms with Gasteiger partial charge in [-0.15, -0.1) is 0 Å². The standard InChI is InChI=1S/C20H26N2O5S/c1-28(25,26)17-4-2-3-16(8-17)27-12-18(23)21-19(24)22-20-9-13-5-14(10-20)7-15(6-13)11-20/h2-4,8,13-15H,5-7,9-12H2,1H3,(H2,21,22,23,24). The van der Waals surface area contributed by atoms with E-state index in [4.69, 9.17) is 4.74 Å². The minimum atomic E-state index is -3.35. The van der Waals surface area contributed by atoms with Gasteiger partial charge in [-0.3, -0.25) is 10.1 Å². The summed E-state index contributed by atoms with van der Waals surface area (Å²) in [5.74, 6) is 1.81. The molecule has 0 atom stereocenters. The van der Waals surface area contributed by atoms with Crippen molar-refractivity contribution in [3.05, 3.63) is 24.3 Å². The number of hydrogen-bond acceptors (Lipinski definition) is 5. The van der Waals surface area contributed by atoms with E-state index in [2.05, 4.69) is 10.6 Å². The van der Waals surface area contributed by atoms with Crippen LogP contribution in [0.1, 0.15) is 38.5 Å². The molecule has 1 aromatic rings. The van der Waals surface area contributed by atoms with Crippen LogP contribution in [0.2, 0.25) is 0 Å². The van der Waals surface area contributed by atoms with Gasteiger partial charge in [0.05, 0.1) is 4.90 Å². The van der Waals surface area contributed by atoms with E-state index in [1.54, 1.807) is 12.1 Å². The summed E-state index contributed by atoms with van der Waals surface area (Å²) in [6, 6.07) is 5.46. The van der Waals surface area contributed by atoms with E-state index in [0.717, 1.165) is 25.5 Å². The summed E-state index contributed by atoms with van der Waals surface area (Å²) in [5, 5.41) is 5.41. The van der Waals surface area contributed by atoms with Gasteiger partial charge in [-0.2, -0.15) is 0 Å². The van der Waals surface area contributed by atoms with Gasteiger partial charge in [-0.25, -0.2) is 13.2 Å². The lowest BCUT2D eigenvalue weighted by Gasteiger charge is -2.56. The Bertz CT molecular complexity index is 860. The van der Waals surface area contributed by atoms with E-state index in [-0.39, 0.29) is 22.8 Å². The lowest BCUT2D eigenvalue weighted by atomic mass is 9.53. The Morgan fingerprint density at radius 2 is 1.71 bits per heavy atom. The summed E-state index contributed by atoms with van der Waals surface area (Å²) in [7, 11) is -3.35. The minimum Gasteiger partial charge on any atom is -0.484 e. The zero-order valence-corrected chi connectivity index (χ0v) is 16.8. The predicted octanol–water partition coefficient (Wildman–Crippen LogP) is 2.26. The van der Waals surface area contributed by atoms with Crippen LogP contribution in [0.15, 0.2) is 29.2 Å². The normalized spacial score (nSPS) is 30.7. The maximum Gasteiger partial charge on any atom is 0.321 e. The highest BCUT2D eigenvalue weighted by Gasteiger charge is 2.51. The van der Waals surface area contributed by atoms with Crippen LogP contribution in [-0.4, -0.2) is 38.8 Å². The van der Waals surface area contributed by atoms with Crippen LogP contribution < -0.4 is 15.4 Å². The quantitative estimate of drug-likeness (QED) is 0.781. The lowest BCUT2D eigenvalue weighted by molar-refractivity contribution is -0.122. The second kappa shape index (κ2) is 7.06. The van der Waals surface area contributed by atoms with E-state index in [9.17, 15) is 18.0 Å². The molecule has 7 nitrogen and oxygen atoms in total. The summed E-state index contributed by atoms with van der Waals surface area (Å²) in [4.78, 5) is 24.6. The minimum absolute atomic E-state index is 0.116. The fourth-order valence-corrected chi connectivity index (χ4v) is 6.30. The van der Waals surface area contributed by atoms with Gasteiger partial charge in [0.2, 0.25) is 0 Å². The van der Waals surface area contributed by atoms with Gasteiger partial charge < -0.3 is 10.1 Å². The van der Waals surface area contributed by atoms with Crippen molar-refractivity contribution in [2.45, 2.75) is 49.0 Å². The Hall–Kier alpha value is -2.09. The molecule has 4 bridgehead atoms. The third kappa shape index (κ3) is 4.16. The van der Waals surface area contributed by atoms with Crippen LogP contribution in [0.5, 0.6) is 5.75 Å². The van der Waals surface area contributed by atoms with Crippen LogP contribution in [0.3, 0.4) is 0 Å².